The SMILES string of the molecule is Cl.Cn1ccnc1C1CNCCN1C(=O)C1C2CCCC21. The summed E-state index contributed by atoms with van der Waals surface area (Å²) in [5.74, 6) is 3.09. The topological polar surface area (TPSA) is 50.2 Å². The van der Waals surface area contributed by atoms with Crippen LogP contribution >= 0.6 is 12.4 Å². The molecule has 1 amide bonds. The minimum absolute atomic E-state index is 0. The van der Waals surface area contributed by atoms with Gasteiger partial charge in [-0.25, -0.2) is 4.98 Å². The molecule has 4 rings (SSSR count). The van der Waals surface area contributed by atoms with Crippen LogP contribution in [-0.4, -0.2) is 40.0 Å². The summed E-state index contributed by atoms with van der Waals surface area (Å²) in [7, 11) is 2.01. The van der Waals surface area contributed by atoms with Crippen molar-refractivity contribution in [3.63, 3.8) is 0 Å². The molecule has 2 aliphatic carbocycles. The van der Waals surface area contributed by atoms with Gasteiger partial charge in [0.15, 0.2) is 0 Å². The van der Waals surface area contributed by atoms with E-state index in [1.165, 1.54) is 19.3 Å². The molecule has 116 valence electrons. The zero-order valence-electron chi connectivity index (χ0n) is 12.4. The van der Waals surface area contributed by atoms with Crippen LogP contribution in [0.15, 0.2) is 12.4 Å². The Labute approximate surface area is 131 Å². The predicted octanol–water partition coefficient (Wildman–Crippen LogP) is 1.36. The number of hydrogen-bond donors (Lipinski definition) is 1. The lowest BCUT2D eigenvalue weighted by atomic mass is 10.1. The molecule has 0 bridgehead atoms. The van der Waals surface area contributed by atoms with E-state index >= 15 is 0 Å². The Bertz CT molecular complexity index is 521. The molecule has 0 spiro atoms. The summed E-state index contributed by atoms with van der Waals surface area (Å²) in [5, 5.41) is 3.40. The lowest BCUT2D eigenvalue weighted by molar-refractivity contribution is -0.137. The van der Waals surface area contributed by atoms with Gasteiger partial charge in [0.05, 0.1) is 0 Å². The number of fused-ring (bicyclic) bond motifs is 1. The minimum atomic E-state index is 0. The van der Waals surface area contributed by atoms with Crippen molar-refractivity contribution in [2.75, 3.05) is 19.6 Å². The van der Waals surface area contributed by atoms with Gasteiger partial charge in [-0.3, -0.25) is 4.79 Å². The van der Waals surface area contributed by atoms with Crippen molar-refractivity contribution in [3.8, 4) is 0 Å². The fourth-order valence-corrected chi connectivity index (χ4v) is 4.28. The normalized spacial score (nSPS) is 34.2. The van der Waals surface area contributed by atoms with Crippen molar-refractivity contribution >= 4 is 18.3 Å². The summed E-state index contributed by atoms with van der Waals surface area (Å²) in [4.78, 5) is 19.4. The van der Waals surface area contributed by atoms with Crippen LogP contribution < -0.4 is 5.32 Å². The minimum Gasteiger partial charge on any atom is -0.336 e. The molecule has 3 unspecified atom stereocenters. The van der Waals surface area contributed by atoms with Crippen molar-refractivity contribution in [2.24, 2.45) is 24.8 Å². The van der Waals surface area contributed by atoms with E-state index < -0.39 is 0 Å². The van der Waals surface area contributed by atoms with E-state index in [0.29, 0.717) is 23.7 Å². The van der Waals surface area contributed by atoms with Crippen LogP contribution in [-0.2, 0) is 11.8 Å². The van der Waals surface area contributed by atoms with E-state index in [-0.39, 0.29) is 18.4 Å². The highest BCUT2D eigenvalue weighted by atomic mass is 35.5. The van der Waals surface area contributed by atoms with Crippen LogP contribution in [0.2, 0.25) is 0 Å². The molecular formula is C15H23ClN4O. The van der Waals surface area contributed by atoms with Crippen LogP contribution in [0.5, 0.6) is 0 Å². The number of rotatable bonds is 2. The Balaban J connectivity index is 0.00000132. The Morgan fingerprint density at radius 1 is 1.38 bits per heavy atom. The standard InChI is InChI=1S/C15H22N4O.ClH/c1-18-7-6-17-14(18)12-9-16-5-8-19(12)15(20)13-10-3-2-4-11(10)13;/h6-7,10-13,16H,2-5,8-9H2,1H3;1H. The van der Waals surface area contributed by atoms with Gasteiger partial charge in [0.1, 0.15) is 11.9 Å². The van der Waals surface area contributed by atoms with Gasteiger partial charge in [0.2, 0.25) is 5.91 Å². The van der Waals surface area contributed by atoms with E-state index in [2.05, 4.69) is 15.2 Å². The first kappa shape index (κ1) is 14.9. The van der Waals surface area contributed by atoms with Gasteiger partial charge in [-0.1, -0.05) is 6.42 Å². The molecular weight excluding hydrogens is 288 g/mol. The molecule has 5 nitrogen and oxygen atoms in total. The van der Waals surface area contributed by atoms with Crippen LogP contribution in [0.4, 0.5) is 0 Å². The molecule has 2 saturated carbocycles. The summed E-state index contributed by atoms with van der Waals surface area (Å²) in [5.41, 5.74) is 0. The average Bonchev–Trinajstić information content (AvgIpc) is 2.82. The summed E-state index contributed by atoms with van der Waals surface area (Å²) in [6, 6.07) is 0.0950. The third-order valence-corrected chi connectivity index (χ3v) is 5.37. The molecule has 0 aromatic carbocycles. The summed E-state index contributed by atoms with van der Waals surface area (Å²) >= 11 is 0. The molecule has 1 saturated heterocycles. The number of imidazole rings is 1. The number of amides is 1. The van der Waals surface area contributed by atoms with Gasteiger partial charge in [-0.15, -0.1) is 12.4 Å². The average molecular weight is 311 g/mol. The zero-order chi connectivity index (χ0) is 13.7. The Kier molecular flexibility index (Phi) is 3.97. The first-order chi connectivity index (χ1) is 9.77. The van der Waals surface area contributed by atoms with Crippen LogP contribution in [0.25, 0.3) is 0 Å². The first-order valence-corrected chi connectivity index (χ1v) is 7.76. The van der Waals surface area contributed by atoms with Gasteiger partial charge in [-0.2, -0.15) is 0 Å². The molecule has 3 aliphatic rings. The van der Waals surface area contributed by atoms with Gasteiger partial charge in [0.25, 0.3) is 0 Å². The maximum absolute atomic E-state index is 12.9. The Morgan fingerprint density at radius 3 is 2.81 bits per heavy atom. The molecule has 6 heteroatoms. The number of halogens is 1. The van der Waals surface area contributed by atoms with E-state index in [1.807, 2.05) is 24.0 Å². The quantitative estimate of drug-likeness (QED) is 0.897. The van der Waals surface area contributed by atoms with Crippen LogP contribution in [0.1, 0.15) is 31.1 Å². The van der Waals surface area contributed by atoms with Crippen LogP contribution in [0, 0.1) is 17.8 Å². The van der Waals surface area contributed by atoms with Gasteiger partial charge >= 0.3 is 0 Å². The maximum atomic E-state index is 12.9. The summed E-state index contributed by atoms with van der Waals surface area (Å²) < 4.78 is 2.03. The number of piperazine rings is 1. The third kappa shape index (κ3) is 2.36. The smallest absolute Gasteiger partial charge is 0.226 e. The molecule has 21 heavy (non-hydrogen) atoms. The molecule has 3 fully saturated rings. The molecule has 1 aliphatic heterocycles. The van der Waals surface area contributed by atoms with Crippen molar-refractivity contribution in [3.05, 3.63) is 18.2 Å². The molecule has 1 N–H and O–H groups in total. The monoisotopic (exact) mass is 310 g/mol. The van der Waals surface area contributed by atoms with Crippen molar-refractivity contribution in [1.82, 2.24) is 19.8 Å². The molecule has 1 aromatic rings. The van der Waals surface area contributed by atoms with E-state index in [1.54, 1.807) is 0 Å². The molecule has 0 radical (unpaired) electrons. The predicted molar refractivity (Wildman–Crippen MR) is 82.1 cm³/mol. The maximum Gasteiger partial charge on any atom is 0.226 e. The second-order valence-corrected chi connectivity index (χ2v) is 6.43. The molecule has 2 heterocycles. The fraction of sp³-hybridized carbons (Fsp3) is 0.733. The van der Waals surface area contributed by atoms with Gasteiger partial charge in [-0.05, 0) is 24.7 Å². The highest BCUT2D eigenvalue weighted by Crippen LogP contribution is 2.58. The van der Waals surface area contributed by atoms with Crippen LogP contribution in [0.3, 0.4) is 0 Å². The van der Waals surface area contributed by atoms with Crippen molar-refractivity contribution in [1.29, 1.82) is 0 Å². The zero-order valence-corrected chi connectivity index (χ0v) is 13.2. The number of hydrogen-bond acceptors (Lipinski definition) is 3. The van der Waals surface area contributed by atoms with Crippen molar-refractivity contribution in [2.45, 2.75) is 25.3 Å². The largest absolute Gasteiger partial charge is 0.336 e. The number of aromatic nitrogens is 2. The summed E-state index contributed by atoms with van der Waals surface area (Å²) in [6.45, 7) is 2.53. The van der Waals surface area contributed by atoms with E-state index in [4.69, 9.17) is 0 Å². The second kappa shape index (κ2) is 5.61. The Hall–Kier alpha value is -1.07. The number of aryl methyl sites for hydroxylation is 1. The Morgan fingerprint density at radius 2 is 2.14 bits per heavy atom. The van der Waals surface area contributed by atoms with Gasteiger partial charge < -0.3 is 14.8 Å². The number of carbonyl (C=O) groups is 1. The molecule has 1 aromatic heterocycles. The number of nitrogens with one attached hydrogen (secondary N) is 1. The highest BCUT2D eigenvalue weighted by molar-refractivity contribution is 5.85. The van der Waals surface area contributed by atoms with Crippen molar-refractivity contribution < 1.29 is 4.79 Å². The van der Waals surface area contributed by atoms with E-state index in [0.717, 1.165) is 25.5 Å². The number of nitrogens with zero attached hydrogens (tertiary/aromatic N) is 3. The lowest BCUT2D eigenvalue weighted by Crippen LogP contribution is -2.50. The van der Waals surface area contributed by atoms with Gasteiger partial charge in [0, 0.05) is 45.0 Å². The first-order valence-electron chi connectivity index (χ1n) is 7.76. The lowest BCUT2D eigenvalue weighted by Gasteiger charge is -2.36. The second-order valence-electron chi connectivity index (χ2n) is 6.43. The molecule has 3 atom stereocenters. The third-order valence-electron chi connectivity index (χ3n) is 5.37. The summed E-state index contributed by atoms with van der Waals surface area (Å²) in [6.07, 6.45) is 7.63. The highest BCUT2D eigenvalue weighted by Gasteiger charge is 2.58. The number of carbonyl (C=O) groups excluding carboxylic acids is 1. The fourth-order valence-electron chi connectivity index (χ4n) is 4.28. The van der Waals surface area contributed by atoms with E-state index in [9.17, 15) is 4.79 Å².